The minimum Gasteiger partial charge on any atom is -0.369 e. The molecule has 0 unspecified atom stereocenters. The van der Waals surface area contributed by atoms with Crippen molar-refractivity contribution in [3.8, 4) is 0 Å². The summed E-state index contributed by atoms with van der Waals surface area (Å²) in [4.78, 5) is 16.0. The van der Waals surface area contributed by atoms with Gasteiger partial charge in [-0.15, -0.1) is 0 Å². The smallest absolute Gasteiger partial charge is 0.260 e. The molecule has 0 bridgehead atoms. The van der Waals surface area contributed by atoms with Crippen LogP contribution in [0.4, 0.5) is 16.0 Å². The molecule has 6 nitrogen and oxygen atoms in total. The van der Waals surface area contributed by atoms with Gasteiger partial charge in [-0.2, -0.15) is 0 Å². The molecule has 0 aliphatic rings. The number of nitrogens with one attached hydrogen (secondary N) is 2. The van der Waals surface area contributed by atoms with Crippen molar-refractivity contribution in [3.63, 3.8) is 0 Å². The first-order valence-electron chi connectivity index (χ1n) is 6.24. The van der Waals surface area contributed by atoms with Gasteiger partial charge in [-0.1, -0.05) is 12.1 Å². The zero-order valence-corrected chi connectivity index (χ0v) is 11.2. The third kappa shape index (κ3) is 3.31. The number of aryl methyl sites for hydroxylation is 1. The molecule has 106 valence electrons. The van der Waals surface area contributed by atoms with Gasteiger partial charge in [0.05, 0.1) is 11.8 Å². The second-order valence-corrected chi connectivity index (χ2v) is 4.25. The van der Waals surface area contributed by atoms with Gasteiger partial charge in [0.2, 0.25) is 0 Å². The lowest BCUT2D eigenvalue weighted by atomic mass is 10.2. The van der Waals surface area contributed by atoms with Crippen molar-refractivity contribution in [1.82, 2.24) is 10.1 Å². The largest absolute Gasteiger partial charge is 0.369 e. The molecule has 0 fully saturated rings. The molecule has 0 saturated heterocycles. The molecule has 2 N–H and O–H groups in total. The summed E-state index contributed by atoms with van der Waals surface area (Å²) in [6.45, 7) is 4.33. The molecular formula is C13H15FN4O2. The quantitative estimate of drug-likeness (QED) is 0.878. The van der Waals surface area contributed by atoms with Gasteiger partial charge in [-0.3, -0.25) is 4.79 Å². The fourth-order valence-electron chi connectivity index (χ4n) is 1.61. The molecule has 2 heterocycles. The third-order valence-corrected chi connectivity index (χ3v) is 2.51. The SMILES string of the molecule is CCCNc1ncc(F)cc1C(=O)Nc1cc(C)on1. The van der Waals surface area contributed by atoms with Crippen LogP contribution in [0.25, 0.3) is 0 Å². The number of nitrogens with zero attached hydrogens (tertiary/aromatic N) is 2. The Balaban J connectivity index is 2.21. The number of carbonyl (C=O) groups excluding carboxylic acids is 1. The normalized spacial score (nSPS) is 10.3. The Morgan fingerprint density at radius 3 is 2.90 bits per heavy atom. The number of hydrogen-bond acceptors (Lipinski definition) is 5. The molecule has 0 aromatic carbocycles. The van der Waals surface area contributed by atoms with E-state index in [9.17, 15) is 9.18 Å². The lowest BCUT2D eigenvalue weighted by Gasteiger charge is -2.09. The summed E-state index contributed by atoms with van der Waals surface area (Å²) in [5, 5.41) is 9.17. The number of carbonyl (C=O) groups is 1. The molecular weight excluding hydrogens is 263 g/mol. The first-order valence-corrected chi connectivity index (χ1v) is 6.24. The predicted molar refractivity (Wildman–Crippen MR) is 72.2 cm³/mol. The van der Waals surface area contributed by atoms with Crippen LogP contribution in [0.15, 0.2) is 22.9 Å². The van der Waals surface area contributed by atoms with Gasteiger partial charge in [-0.05, 0) is 19.4 Å². The lowest BCUT2D eigenvalue weighted by molar-refractivity contribution is 0.102. The Kier molecular flexibility index (Phi) is 4.29. The maximum absolute atomic E-state index is 13.3. The molecule has 2 aromatic heterocycles. The highest BCUT2D eigenvalue weighted by Crippen LogP contribution is 2.16. The molecule has 7 heteroatoms. The van der Waals surface area contributed by atoms with Crippen LogP contribution >= 0.6 is 0 Å². The monoisotopic (exact) mass is 278 g/mol. The van der Waals surface area contributed by atoms with Crippen molar-refractivity contribution in [2.45, 2.75) is 20.3 Å². The lowest BCUT2D eigenvalue weighted by Crippen LogP contribution is -2.16. The van der Waals surface area contributed by atoms with Gasteiger partial charge in [0.1, 0.15) is 17.4 Å². The number of pyridine rings is 1. The van der Waals surface area contributed by atoms with Crippen LogP contribution in [0.5, 0.6) is 0 Å². The summed E-state index contributed by atoms with van der Waals surface area (Å²) < 4.78 is 18.1. The Hall–Kier alpha value is -2.44. The van der Waals surface area contributed by atoms with Gasteiger partial charge in [0, 0.05) is 12.6 Å². The van der Waals surface area contributed by atoms with Crippen molar-refractivity contribution >= 4 is 17.5 Å². The highest BCUT2D eigenvalue weighted by atomic mass is 19.1. The Morgan fingerprint density at radius 2 is 2.25 bits per heavy atom. The van der Waals surface area contributed by atoms with E-state index in [0.29, 0.717) is 18.1 Å². The summed E-state index contributed by atoms with van der Waals surface area (Å²) in [5.74, 6) is 0.114. The van der Waals surface area contributed by atoms with Crippen molar-refractivity contribution in [2.24, 2.45) is 0 Å². The van der Waals surface area contributed by atoms with E-state index in [1.54, 1.807) is 13.0 Å². The molecule has 0 radical (unpaired) electrons. The van der Waals surface area contributed by atoms with Crippen LogP contribution in [-0.4, -0.2) is 22.6 Å². The molecule has 1 amide bonds. The van der Waals surface area contributed by atoms with E-state index in [1.165, 1.54) is 0 Å². The molecule has 20 heavy (non-hydrogen) atoms. The molecule has 0 spiro atoms. The molecule has 0 saturated carbocycles. The van der Waals surface area contributed by atoms with Gasteiger partial charge in [0.25, 0.3) is 5.91 Å². The maximum Gasteiger partial charge on any atom is 0.260 e. The van der Waals surface area contributed by atoms with E-state index in [4.69, 9.17) is 4.52 Å². The minimum absolute atomic E-state index is 0.124. The van der Waals surface area contributed by atoms with Crippen LogP contribution in [0.2, 0.25) is 0 Å². The second kappa shape index (κ2) is 6.14. The van der Waals surface area contributed by atoms with E-state index in [-0.39, 0.29) is 11.4 Å². The van der Waals surface area contributed by atoms with E-state index in [0.717, 1.165) is 18.7 Å². The van der Waals surface area contributed by atoms with E-state index in [1.807, 2.05) is 6.92 Å². The average molecular weight is 278 g/mol. The topological polar surface area (TPSA) is 80.0 Å². The van der Waals surface area contributed by atoms with Crippen LogP contribution in [0, 0.1) is 12.7 Å². The van der Waals surface area contributed by atoms with Gasteiger partial charge in [-0.25, -0.2) is 9.37 Å². The van der Waals surface area contributed by atoms with Crippen molar-refractivity contribution in [2.75, 3.05) is 17.2 Å². The van der Waals surface area contributed by atoms with Crippen LogP contribution in [0.1, 0.15) is 29.5 Å². The van der Waals surface area contributed by atoms with E-state index in [2.05, 4.69) is 20.8 Å². The second-order valence-electron chi connectivity index (χ2n) is 4.25. The predicted octanol–water partition coefficient (Wildman–Crippen LogP) is 2.59. The Labute approximate surface area is 115 Å². The molecule has 2 aromatic rings. The standard InChI is InChI=1S/C13H15FN4O2/c1-3-4-15-12-10(6-9(14)7-16-12)13(19)17-11-5-8(2)20-18-11/h5-7H,3-4H2,1-2H3,(H,15,16)(H,17,18,19). The van der Waals surface area contributed by atoms with E-state index < -0.39 is 11.7 Å². The van der Waals surface area contributed by atoms with Crippen LogP contribution < -0.4 is 10.6 Å². The Bertz CT molecular complexity index is 612. The van der Waals surface area contributed by atoms with Gasteiger partial charge < -0.3 is 15.2 Å². The fraction of sp³-hybridized carbons (Fsp3) is 0.308. The van der Waals surface area contributed by atoms with Crippen molar-refractivity contribution < 1.29 is 13.7 Å². The van der Waals surface area contributed by atoms with Crippen molar-refractivity contribution in [3.05, 3.63) is 35.5 Å². The number of halogens is 1. The Morgan fingerprint density at radius 1 is 1.45 bits per heavy atom. The number of amides is 1. The molecule has 0 aliphatic heterocycles. The molecule has 0 atom stereocenters. The highest BCUT2D eigenvalue weighted by Gasteiger charge is 2.15. The van der Waals surface area contributed by atoms with Gasteiger partial charge in [0.15, 0.2) is 5.82 Å². The molecule has 2 rings (SSSR count). The number of rotatable bonds is 5. The van der Waals surface area contributed by atoms with Crippen LogP contribution in [-0.2, 0) is 0 Å². The summed E-state index contributed by atoms with van der Waals surface area (Å²) >= 11 is 0. The number of hydrogen-bond donors (Lipinski definition) is 2. The fourth-order valence-corrected chi connectivity index (χ4v) is 1.61. The first kappa shape index (κ1) is 14.0. The summed E-state index contributed by atoms with van der Waals surface area (Å²) in [6, 6.07) is 2.71. The number of anilines is 2. The molecule has 0 aliphatic carbocycles. The summed E-state index contributed by atoms with van der Waals surface area (Å²) in [7, 11) is 0. The third-order valence-electron chi connectivity index (χ3n) is 2.51. The zero-order valence-electron chi connectivity index (χ0n) is 11.2. The first-order chi connectivity index (χ1) is 9.60. The van der Waals surface area contributed by atoms with Crippen molar-refractivity contribution in [1.29, 1.82) is 0 Å². The minimum atomic E-state index is -0.575. The zero-order chi connectivity index (χ0) is 14.5. The highest BCUT2D eigenvalue weighted by molar-refractivity contribution is 6.07. The van der Waals surface area contributed by atoms with E-state index >= 15 is 0 Å². The maximum atomic E-state index is 13.3. The summed E-state index contributed by atoms with van der Waals surface area (Å²) in [5.41, 5.74) is 0.124. The number of aromatic nitrogens is 2. The summed E-state index contributed by atoms with van der Waals surface area (Å²) in [6.07, 6.45) is 1.93. The van der Waals surface area contributed by atoms with Crippen LogP contribution in [0.3, 0.4) is 0 Å². The van der Waals surface area contributed by atoms with Gasteiger partial charge >= 0.3 is 0 Å². The average Bonchev–Trinajstić information content (AvgIpc) is 2.82.